The Morgan fingerprint density at radius 3 is 1.05 bits per heavy atom. The Bertz CT molecular complexity index is 3180. The van der Waals surface area contributed by atoms with E-state index >= 15 is 0 Å². The zero-order valence-corrected chi connectivity index (χ0v) is 33.3. The van der Waals surface area contributed by atoms with Crippen molar-refractivity contribution in [3.63, 3.8) is 0 Å². The van der Waals surface area contributed by atoms with E-state index in [1.54, 1.807) is 0 Å². The lowest BCUT2D eigenvalue weighted by atomic mass is 9.91. The standard InChI is InChI=1S/C55H35N5O2/c1-3-7-36(8-4-1)37-15-21-45(22-16-37)54-58-53(44-9-5-2-6-10-44)59-55(60-54)46-23-24-49-50(33-46)62-52-35-48(43-19-13-39(14-20-43)41-27-31-57-32-28-41)47(34-51(52)61-49)42-17-11-38(12-18-42)40-25-29-56-30-26-40/h1-35H. The van der Waals surface area contributed by atoms with Gasteiger partial charge in [0.15, 0.2) is 40.5 Å². The Hall–Kier alpha value is -8.55. The fourth-order valence-corrected chi connectivity index (χ4v) is 7.81. The minimum Gasteiger partial charge on any atom is -0.449 e. The van der Waals surface area contributed by atoms with Gasteiger partial charge in [0, 0.05) is 41.5 Å². The van der Waals surface area contributed by atoms with E-state index in [9.17, 15) is 0 Å². The van der Waals surface area contributed by atoms with Crippen molar-refractivity contribution in [1.29, 1.82) is 0 Å². The molecule has 0 aliphatic carbocycles. The van der Waals surface area contributed by atoms with Crippen LogP contribution in [-0.2, 0) is 0 Å². The average Bonchev–Trinajstić information content (AvgIpc) is 3.36. The number of hydrogen-bond donors (Lipinski definition) is 0. The van der Waals surface area contributed by atoms with Gasteiger partial charge in [-0.3, -0.25) is 9.97 Å². The second-order valence-corrected chi connectivity index (χ2v) is 15.0. The summed E-state index contributed by atoms with van der Waals surface area (Å²) in [6, 6.07) is 63.9. The summed E-state index contributed by atoms with van der Waals surface area (Å²) in [6.07, 6.45) is 7.25. The van der Waals surface area contributed by atoms with Crippen molar-refractivity contribution in [2.75, 3.05) is 0 Å². The number of rotatable bonds is 8. The van der Waals surface area contributed by atoms with Crippen LogP contribution in [0, 0.1) is 0 Å². The van der Waals surface area contributed by atoms with E-state index in [1.165, 1.54) is 0 Å². The van der Waals surface area contributed by atoms with Crippen LogP contribution < -0.4 is 9.47 Å². The van der Waals surface area contributed by atoms with Crippen LogP contribution in [0.4, 0.5) is 0 Å². The predicted molar refractivity (Wildman–Crippen MR) is 245 cm³/mol. The van der Waals surface area contributed by atoms with Gasteiger partial charge < -0.3 is 9.47 Å². The van der Waals surface area contributed by atoms with Gasteiger partial charge >= 0.3 is 0 Å². The molecule has 7 heteroatoms. The van der Waals surface area contributed by atoms with Crippen LogP contribution in [0.2, 0.25) is 0 Å². The molecule has 7 aromatic carbocycles. The van der Waals surface area contributed by atoms with Crippen LogP contribution in [0.5, 0.6) is 23.0 Å². The predicted octanol–water partition coefficient (Wildman–Crippen LogP) is 13.9. The molecular weight excluding hydrogens is 763 g/mol. The Kier molecular flexibility index (Phi) is 9.37. The fourth-order valence-electron chi connectivity index (χ4n) is 7.81. The quantitative estimate of drug-likeness (QED) is 0.151. The highest BCUT2D eigenvalue weighted by molar-refractivity contribution is 5.88. The van der Waals surface area contributed by atoms with Crippen LogP contribution in [-0.4, -0.2) is 24.9 Å². The van der Waals surface area contributed by atoms with E-state index in [0.29, 0.717) is 40.5 Å². The molecular formula is C55H35N5O2. The summed E-state index contributed by atoms with van der Waals surface area (Å²) in [6.45, 7) is 0. The van der Waals surface area contributed by atoms with Crippen LogP contribution in [0.15, 0.2) is 213 Å². The smallest absolute Gasteiger partial charge is 0.170 e. The molecule has 7 nitrogen and oxygen atoms in total. The number of benzene rings is 7. The molecule has 11 rings (SSSR count). The highest BCUT2D eigenvalue weighted by atomic mass is 16.6. The molecule has 0 amide bonds. The molecule has 1 aliphatic heterocycles. The minimum absolute atomic E-state index is 0.527. The number of fused-ring (bicyclic) bond motifs is 2. The second-order valence-electron chi connectivity index (χ2n) is 15.0. The van der Waals surface area contributed by atoms with E-state index in [2.05, 4.69) is 107 Å². The van der Waals surface area contributed by atoms with Crippen molar-refractivity contribution < 1.29 is 9.47 Å². The zero-order valence-electron chi connectivity index (χ0n) is 33.3. The van der Waals surface area contributed by atoms with Gasteiger partial charge in [-0.2, -0.15) is 0 Å². The van der Waals surface area contributed by atoms with Crippen LogP contribution >= 0.6 is 0 Å². The molecule has 10 aromatic rings. The van der Waals surface area contributed by atoms with Crippen LogP contribution in [0.1, 0.15) is 0 Å². The van der Waals surface area contributed by atoms with E-state index in [1.807, 2.05) is 116 Å². The number of aromatic nitrogens is 5. The summed E-state index contributed by atoms with van der Waals surface area (Å²) in [4.78, 5) is 23.3. The van der Waals surface area contributed by atoms with E-state index in [0.717, 1.165) is 72.3 Å². The average molecular weight is 798 g/mol. The molecule has 292 valence electrons. The van der Waals surface area contributed by atoms with Crippen molar-refractivity contribution in [1.82, 2.24) is 24.9 Å². The molecule has 3 aromatic heterocycles. The van der Waals surface area contributed by atoms with Crippen molar-refractivity contribution in [3.8, 4) is 113 Å². The highest BCUT2D eigenvalue weighted by Gasteiger charge is 2.24. The molecule has 0 bridgehead atoms. The van der Waals surface area contributed by atoms with Gasteiger partial charge in [0.25, 0.3) is 0 Å². The lowest BCUT2D eigenvalue weighted by molar-refractivity contribution is 0.360. The van der Waals surface area contributed by atoms with Gasteiger partial charge in [0.2, 0.25) is 0 Å². The molecule has 4 heterocycles. The number of nitrogens with zero attached hydrogens (tertiary/aromatic N) is 5. The summed E-state index contributed by atoms with van der Waals surface area (Å²) in [5.41, 5.74) is 13.4. The molecule has 1 aliphatic rings. The van der Waals surface area contributed by atoms with Gasteiger partial charge in [-0.1, -0.05) is 133 Å². The first-order chi connectivity index (χ1) is 30.7. The third-order valence-electron chi connectivity index (χ3n) is 11.1. The SMILES string of the molecule is c1ccc(-c2ccc(-c3nc(-c4ccccc4)nc(-c4ccc5c(c4)Oc4cc(-c6ccc(-c7ccncc7)cc6)c(-c6ccc(-c7ccncc7)cc6)cc4O5)n3)cc2)cc1. The minimum atomic E-state index is 0.527. The van der Waals surface area contributed by atoms with Crippen molar-refractivity contribution in [2.45, 2.75) is 0 Å². The van der Waals surface area contributed by atoms with Crippen LogP contribution in [0.25, 0.3) is 89.8 Å². The van der Waals surface area contributed by atoms with E-state index < -0.39 is 0 Å². The summed E-state index contributed by atoms with van der Waals surface area (Å²) in [7, 11) is 0. The molecule has 0 unspecified atom stereocenters. The maximum atomic E-state index is 6.74. The second kappa shape index (κ2) is 15.9. The van der Waals surface area contributed by atoms with Crippen molar-refractivity contribution >= 4 is 0 Å². The monoisotopic (exact) mass is 797 g/mol. The summed E-state index contributed by atoms with van der Waals surface area (Å²) in [5.74, 6) is 4.10. The molecule has 0 N–H and O–H groups in total. The largest absolute Gasteiger partial charge is 0.449 e. The third-order valence-corrected chi connectivity index (χ3v) is 11.1. The lowest BCUT2D eigenvalue weighted by Crippen LogP contribution is -2.03. The van der Waals surface area contributed by atoms with E-state index in [-0.39, 0.29) is 0 Å². The highest BCUT2D eigenvalue weighted by Crippen LogP contribution is 2.50. The first kappa shape index (κ1) is 36.5. The lowest BCUT2D eigenvalue weighted by Gasteiger charge is -2.24. The number of hydrogen-bond acceptors (Lipinski definition) is 7. The van der Waals surface area contributed by atoms with Gasteiger partial charge in [-0.25, -0.2) is 15.0 Å². The van der Waals surface area contributed by atoms with Gasteiger partial charge in [-0.15, -0.1) is 0 Å². The van der Waals surface area contributed by atoms with Gasteiger partial charge in [0.05, 0.1) is 0 Å². The maximum Gasteiger partial charge on any atom is 0.170 e. The van der Waals surface area contributed by atoms with Crippen molar-refractivity contribution in [3.05, 3.63) is 213 Å². The molecule has 0 atom stereocenters. The number of pyridine rings is 2. The fraction of sp³-hybridized carbons (Fsp3) is 0. The first-order valence-corrected chi connectivity index (χ1v) is 20.4. The molecule has 62 heavy (non-hydrogen) atoms. The molecule has 0 spiro atoms. The van der Waals surface area contributed by atoms with Gasteiger partial charge in [0.1, 0.15) is 0 Å². The normalized spacial score (nSPS) is 11.5. The number of ether oxygens (including phenoxy) is 2. The first-order valence-electron chi connectivity index (χ1n) is 20.4. The van der Waals surface area contributed by atoms with E-state index in [4.69, 9.17) is 24.4 Å². The topological polar surface area (TPSA) is 82.9 Å². The van der Waals surface area contributed by atoms with Crippen LogP contribution in [0.3, 0.4) is 0 Å². The molecule has 0 saturated carbocycles. The Labute approximate surface area is 358 Å². The zero-order chi connectivity index (χ0) is 41.2. The van der Waals surface area contributed by atoms with Crippen molar-refractivity contribution in [2.24, 2.45) is 0 Å². The molecule has 0 saturated heterocycles. The Balaban J connectivity index is 0.967. The Morgan fingerprint density at radius 2 is 0.565 bits per heavy atom. The summed E-state index contributed by atoms with van der Waals surface area (Å²) < 4.78 is 13.4. The van der Waals surface area contributed by atoms with Gasteiger partial charge in [-0.05, 0) is 110 Å². The summed E-state index contributed by atoms with van der Waals surface area (Å²) in [5, 5.41) is 0. The maximum absolute atomic E-state index is 6.74. The molecule has 0 radical (unpaired) electrons. The third kappa shape index (κ3) is 7.24. The summed E-state index contributed by atoms with van der Waals surface area (Å²) >= 11 is 0. The Morgan fingerprint density at radius 1 is 0.242 bits per heavy atom. The molecule has 0 fully saturated rings.